The summed E-state index contributed by atoms with van der Waals surface area (Å²) in [4.78, 5) is 50.3. The molecular weight excluding hydrogens is 378 g/mol. The number of rotatable bonds is 5. The van der Waals surface area contributed by atoms with Gasteiger partial charge in [-0.1, -0.05) is 18.2 Å². The van der Waals surface area contributed by atoms with Crippen LogP contribution in [-0.2, 0) is 11.8 Å². The van der Waals surface area contributed by atoms with E-state index in [9.17, 15) is 19.2 Å². The predicted molar refractivity (Wildman–Crippen MR) is 104 cm³/mol. The Balaban J connectivity index is 1.83. The van der Waals surface area contributed by atoms with E-state index in [1.54, 1.807) is 18.5 Å². The van der Waals surface area contributed by atoms with E-state index < -0.39 is 35.2 Å². The second-order valence-corrected chi connectivity index (χ2v) is 6.37. The van der Waals surface area contributed by atoms with E-state index in [4.69, 9.17) is 10.5 Å². The first-order chi connectivity index (χ1) is 13.7. The number of H-pyrrole nitrogens is 1. The average molecular weight is 397 g/mol. The number of esters is 1. The van der Waals surface area contributed by atoms with Crippen LogP contribution in [0.15, 0.2) is 39.9 Å². The lowest BCUT2D eigenvalue weighted by molar-refractivity contribution is 0.0472. The Morgan fingerprint density at radius 2 is 1.79 bits per heavy atom. The van der Waals surface area contributed by atoms with Crippen LogP contribution in [0, 0.1) is 13.8 Å². The highest BCUT2D eigenvalue weighted by molar-refractivity contribution is 6.02. The van der Waals surface area contributed by atoms with E-state index in [0.717, 1.165) is 10.3 Å². The summed E-state index contributed by atoms with van der Waals surface area (Å²) >= 11 is 0. The van der Waals surface area contributed by atoms with Crippen molar-refractivity contribution in [2.75, 3.05) is 12.3 Å². The molecule has 0 fully saturated rings. The van der Waals surface area contributed by atoms with Crippen molar-refractivity contribution in [2.24, 2.45) is 7.05 Å². The van der Waals surface area contributed by atoms with E-state index >= 15 is 0 Å². The molecule has 150 valence electrons. The van der Waals surface area contributed by atoms with Gasteiger partial charge in [-0.05, 0) is 26.0 Å². The molecule has 3 aromatic rings. The van der Waals surface area contributed by atoms with Gasteiger partial charge in [0, 0.05) is 7.05 Å². The van der Waals surface area contributed by atoms with Crippen LogP contribution in [0.1, 0.15) is 32.1 Å². The molecule has 0 bridgehead atoms. The highest BCUT2D eigenvalue weighted by Crippen LogP contribution is 2.19. The maximum absolute atomic E-state index is 12.6. The summed E-state index contributed by atoms with van der Waals surface area (Å²) in [5.41, 5.74) is 5.54. The number of aryl methyl sites for hydroxylation is 1. The van der Waals surface area contributed by atoms with Gasteiger partial charge in [0.15, 0.2) is 6.61 Å². The number of para-hydroxylation sites is 1. The van der Waals surface area contributed by atoms with Gasteiger partial charge in [0.2, 0.25) is 5.78 Å². The predicted octanol–water partition coefficient (Wildman–Crippen LogP) is 0.498. The Morgan fingerprint density at radius 1 is 1.14 bits per heavy atom. The average Bonchev–Trinajstić information content (AvgIpc) is 2.99. The quantitative estimate of drug-likeness (QED) is 0.471. The van der Waals surface area contributed by atoms with Crippen LogP contribution in [0.5, 0.6) is 0 Å². The minimum absolute atomic E-state index is 0.226. The van der Waals surface area contributed by atoms with Gasteiger partial charge in [-0.3, -0.25) is 19.1 Å². The molecule has 0 aliphatic heterocycles. The third-order valence-corrected chi connectivity index (χ3v) is 4.48. The minimum Gasteiger partial charge on any atom is -0.454 e. The topological polar surface area (TPSA) is 142 Å². The van der Waals surface area contributed by atoms with Gasteiger partial charge in [-0.2, -0.15) is 5.10 Å². The Bertz CT molecular complexity index is 1220. The normalized spacial score (nSPS) is 10.7. The number of ether oxygens (including phenoxy) is 1. The monoisotopic (exact) mass is 397 g/mol. The van der Waals surface area contributed by atoms with Gasteiger partial charge >= 0.3 is 11.7 Å². The number of nitrogens with two attached hydrogens (primary N) is 1. The highest BCUT2D eigenvalue weighted by Gasteiger charge is 2.24. The van der Waals surface area contributed by atoms with Crippen molar-refractivity contribution in [2.45, 2.75) is 13.8 Å². The molecule has 0 saturated carbocycles. The summed E-state index contributed by atoms with van der Waals surface area (Å²) in [6.07, 6.45) is 0. The van der Waals surface area contributed by atoms with E-state index in [2.05, 4.69) is 5.10 Å². The van der Waals surface area contributed by atoms with Gasteiger partial charge in [-0.15, -0.1) is 0 Å². The highest BCUT2D eigenvalue weighted by atomic mass is 16.5. The number of nitrogens with one attached hydrogen (secondary N) is 1. The largest absolute Gasteiger partial charge is 0.454 e. The van der Waals surface area contributed by atoms with Gasteiger partial charge in [0.1, 0.15) is 16.9 Å². The zero-order valence-corrected chi connectivity index (χ0v) is 16.1. The fraction of sp³-hybridized carbons (Fsp3) is 0.211. The number of Topliss-reactive ketones (excluding diaryl/α,β-unsaturated/α-hetero) is 1. The van der Waals surface area contributed by atoms with Crippen molar-refractivity contribution in [3.8, 4) is 5.69 Å². The number of aromatic nitrogens is 4. The van der Waals surface area contributed by atoms with E-state index in [1.165, 1.54) is 7.05 Å². The summed E-state index contributed by atoms with van der Waals surface area (Å²) in [6.45, 7) is 2.65. The summed E-state index contributed by atoms with van der Waals surface area (Å²) < 4.78 is 7.62. The molecule has 0 amide bonds. The molecule has 1 aromatic carbocycles. The second-order valence-electron chi connectivity index (χ2n) is 6.37. The number of anilines is 1. The van der Waals surface area contributed by atoms with Crippen LogP contribution in [0.4, 0.5) is 5.82 Å². The number of nitrogen functional groups attached to an aromatic ring is 1. The molecule has 3 N–H and O–H groups in total. The van der Waals surface area contributed by atoms with Gasteiger partial charge in [-0.25, -0.2) is 14.3 Å². The summed E-state index contributed by atoms with van der Waals surface area (Å²) in [7, 11) is 1.31. The number of nitrogens with zero attached hydrogens (tertiary/aromatic N) is 3. The van der Waals surface area contributed by atoms with Gasteiger partial charge in [0.25, 0.3) is 5.56 Å². The van der Waals surface area contributed by atoms with Crippen LogP contribution in [0.25, 0.3) is 5.69 Å². The lowest BCUT2D eigenvalue weighted by Gasteiger charge is -2.09. The first-order valence-electron chi connectivity index (χ1n) is 8.63. The number of hydrogen-bond acceptors (Lipinski definition) is 7. The lowest BCUT2D eigenvalue weighted by atomic mass is 10.2. The molecule has 0 saturated heterocycles. The molecule has 29 heavy (non-hydrogen) atoms. The van der Waals surface area contributed by atoms with Crippen molar-refractivity contribution in [3.05, 3.63) is 73.7 Å². The third kappa shape index (κ3) is 3.59. The van der Waals surface area contributed by atoms with E-state index in [1.807, 2.05) is 35.3 Å². The van der Waals surface area contributed by atoms with Crippen LogP contribution in [0.3, 0.4) is 0 Å². The Labute approximate surface area is 164 Å². The Hall–Kier alpha value is -3.95. The van der Waals surface area contributed by atoms with Crippen molar-refractivity contribution < 1.29 is 14.3 Å². The molecule has 0 radical (unpaired) electrons. The standard InChI is InChI=1S/C19H19N5O5/c1-10-14(11(2)24(22-10)12-7-5-4-6-8-12)18(27)29-9-13(25)15-16(20)23(3)19(28)21-17(15)26/h4-8H,9,20H2,1-3H3,(H,21,26,28). The van der Waals surface area contributed by atoms with Crippen molar-refractivity contribution >= 4 is 17.6 Å². The maximum Gasteiger partial charge on any atom is 0.342 e. The van der Waals surface area contributed by atoms with E-state index in [0.29, 0.717) is 11.4 Å². The fourth-order valence-electron chi connectivity index (χ4n) is 2.94. The zero-order valence-electron chi connectivity index (χ0n) is 16.1. The van der Waals surface area contributed by atoms with Gasteiger partial charge < -0.3 is 10.5 Å². The first-order valence-corrected chi connectivity index (χ1v) is 8.63. The molecule has 3 rings (SSSR count). The molecular formula is C19H19N5O5. The van der Waals surface area contributed by atoms with Crippen molar-refractivity contribution in [1.82, 2.24) is 19.3 Å². The first kappa shape index (κ1) is 19.8. The number of benzene rings is 1. The van der Waals surface area contributed by atoms with Crippen LogP contribution < -0.4 is 17.0 Å². The van der Waals surface area contributed by atoms with E-state index in [-0.39, 0.29) is 11.4 Å². The molecule has 0 spiro atoms. The molecule has 0 atom stereocenters. The Morgan fingerprint density at radius 3 is 2.45 bits per heavy atom. The number of carbonyl (C=O) groups is 2. The summed E-state index contributed by atoms with van der Waals surface area (Å²) in [6, 6.07) is 9.23. The molecule has 2 aromatic heterocycles. The van der Waals surface area contributed by atoms with Gasteiger partial charge in [0.05, 0.1) is 17.1 Å². The van der Waals surface area contributed by atoms with Crippen LogP contribution >= 0.6 is 0 Å². The van der Waals surface area contributed by atoms with Crippen molar-refractivity contribution in [1.29, 1.82) is 0 Å². The molecule has 0 aliphatic rings. The lowest BCUT2D eigenvalue weighted by Crippen LogP contribution is -2.35. The SMILES string of the molecule is Cc1nn(-c2ccccc2)c(C)c1C(=O)OCC(=O)c1c(N)n(C)c(=O)[nH]c1=O. The smallest absolute Gasteiger partial charge is 0.342 e. The van der Waals surface area contributed by atoms with Crippen molar-refractivity contribution in [3.63, 3.8) is 0 Å². The number of ketones is 1. The summed E-state index contributed by atoms with van der Waals surface area (Å²) in [5, 5.41) is 4.35. The molecule has 10 nitrogen and oxygen atoms in total. The second kappa shape index (κ2) is 7.58. The Kier molecular flexibility index (Phi) is 5.18. The number of hydrogen-bond donors (Lipinski definition) is 2. The molecule has 0 aliphatic carbocycles. The molecule has 2 heterocycles. The van der Waals surface area contributed by atoms with Crippen LogP contribution in [-0.4, -0.2) is 37.7 Å². The number of aromatic amines is 1. The molecule has 0 unspecified atom stereocenters. The fourth-order valence-corrected chi connectivity index (χ4v) is 2.94. The molecule has 10 heteroatoms. The zero-order chi connectivity index (χ0) is 21.3. The number of carbonyl (C=O) groups excluding carboxylic acids is 2. The third-order valence-electron chi connectivity index (χ3n) is 4.48. The maximum atomic E-state index is 12.6. The van der Waals surface area contributed by atoms with Crippen LogP contribution in [0.2, 0.25) is 0 Å². The minimum atomic E-state index is -0.934. The summed E-state index contributed by atoms with van der Waals surface area (Å²) in [5.74, 6) is -1.88.